The van der Waals surface area contributed by atoms with Gasteiger partial charge in [0, 0.05) is 16.1 Å². The van der Waals surface area contributed by atoms with Crippen molar-refractivity contribution in [2.45, 2.75) is 13.5 Å². The summed E-state index contributed by atoms with van der Waals surface area (Å²) in [5.74, 6) is 0.541. The summed E-state index contributed by atoms with van der Waals surface area (Å²) < 4.78 is 5.65. The highest BCUT2D eigenvalue weighted by atomic mass is 35.5. The van der Waals surface area contributed by atoms with Gasteiger partial charge in [-0.25, -0.2) is 0 Å². The molecule has 0 heterocycles. The number of nitrogens with one attached hydrogen (secondary N) is 1. The normalized spacial score (nSPS) is 10.3. The van der Waals surface area contributed by atoms with Crippen LogP contribution in [0, 0.1) is 12.3 Å². The van der Waals surface area contributed by atoms with Gasteiger partial charge in [-0.1, -0.05) is 35.3 Å². The minimum atomic E-state index is -0.0665. The molecule has 0 saturated heterocycles. The van der Waals surface area contributed by atoms with Crippen molar-refractivity contribution in [3.05, 3.63) is 63.1 Å². The standard InChI is InChI=1S/C15H14Cl2N2O/c1-9-2-3-10(13(16)6-9)8-20-11-4-5-12(15(18)19)14(17)7-11/h2-7H,8H2,1H3,(H3,18,19). The molecule has 0 saturated carbocycles. The zero-order chi connectivity index (χ0) is 14.7. The second kappa shape index (κ2) is 6.16. The van der Waals surface area contributed by atoms with E-state index >= 15 is 0 Å². The van der Waals surface area contributed by atoms with E-state index in [2.05, 4.69) is 0 Å². The van der Waals surface area contributed by atoms with Crippen LogP contribution in [0.5, 0.6) is 5.75 Å². The Labute approximate surface area is 127 Å². The van der Waals surface area contributed by atoms with E-state index in [0.29, 0.717) is 28.0 Å². The Kier molecular flexibility index (Phi) is 4.53. The van der Waals surface area contributed by atoms with Crippen LogP contribution in [-0.2, 0) is 6.61 Å². The van der Waals surface area contributed by atoms with E-state index in [9.17, 15) is 0 Å². The van der Waals surface area contributed by atoms with Gasteiger partial charge in [0.15, 0.2) is 0 Å². The Bertz CT molecular complexity index is 656. The van der Waals surface area contributed by atoms with Gasteiger partial charge in [0.05, 0.1) is 5.02 Å². The SMILES string of the molecule is Cc1ccc(COc2ccc(C(=N)N)c(Cl)c2)c(Cl)c1. The third-order valence-corrected chi connectivity index (χ3v) is 3.50. The van der Waals surface area contributed by atoms with Gasteiger partial charge in [-0.15, -0.1) is 0 Å². The Balaban J connectivity index is 2.11. The summed E-state index contributed by atoms with van der Waals surface area (Å²) >= 11 is 12.2. The maximum Gasteiger partial charge on any atom is 0.124 e. The molecule has 0 atom stereocenters. The van der Waals surface area contributed by atoms with Crippen LogP contribution in [0.2, 0.25) is 10.0 Å². The number of nitrogens with two attached hydrogens (primary N) is 1. The monoisotopic (exact) mass is 308 g/mol. The maximum absolute atomic E-state index is 7.37. The first-order valence-electron chi connectivity index (χ1n) is 5.99. The van der Waals surface area contributed by atoms with E-state index < -0.39 is 0 Å². The third kappa shape index (κ3) is 3.44. The summed E-state index contributed by atoms with van der Waals surface area (Å²) in [5, 5.41) is 8.44. The second-order valence-corrected chi connectivity index (χ2v) is 5.25. The predicted octanol–water partition coefficient (Wildman–Crippen LogP) is 4.16. The molecule has 2 aromatic carbocycles. The Morgan fingerprint density at radius 2 is 1.90 bits per heavy atom. The van der Waals surface area contributed by atoms with Crippen LogP contribution in [0.4, 0.5) is 0 Å². The number of halogens is 2. The molecule has 20 heavy (non-hydrogen) atoms. The first-order valence-corrected chi connectivity index (χ1v) is 6.74. The number of nitrogen functional groups attached to an aromatic ring is 1. The maximum atomic E-state index is 7.37. The van der Waals surface area contributed by atoms with E-state index in [-0.39, 0.29) is 5.84 Å². The number of aryl methyl sites for hydroxylation is 1. The van der Waals surface area contributed by atoms with Gasteiger partial charge in [0.2, 0.25) is 0 Å². The van der Waals surface area contributed by atoms with Gasteiger partial charge in [-0.2, -0.15) is 0 Å². The highest BCUT2D eigenvalue weighted by Crippen LogP contribution is 2.24. The topological polar surface area (TPSA) is 59.1 Å². The van der Waals surface area contributed by atoms with E-state index in [1.165, 1.54) is 0 Å². The summed E-state index contributed by atoms with van der Waals surface area (Å²) in [6, 6.07) is 10.8. The van der Waals surface area contributed by atoms with Crippen LogP contribution in [0.25, 0.3) is 0 Å². The van der Waals surface area contributed by atoms with E-state index in [0.717, 1.165) is 11.1 Å². The van der Waals surface area contributed by atoms with Crippen molar-refractivity contribution in [3.8, 4) is 5.75 Å². The highest BCUT2D eigenvalue weighted by molar-refractivity contribution is 6.34. The van der Waals surface area contributed by atoms with Crippen molar-refractivity contribution in [2.24, 2.45) is 5.73 Å². The molecule has 2 aromatic rings. The zero-order valence-electron chi connectivity index (χ0n) is 10.9. The van der Waals surface area contributed by atoms with Gasteiger partial charge < -0.3 is 10.5 Å². The fourth-order valence-electron chi connectivity index (χ4n) is 1.73. The third-order valence-electron chi connectivity index (χ3n) is 2.83. The fourth-order valence-corrected chi connectivity index (χ4v) is 2.30. The second-order valence-electron chi connectivity index (χ2n) is 4.44. The molecular formula is C15H14Cl2N2O. The van der Waals surface area contributed by atoms with Crippen LogP contribution >= 0.6 is 23.2 Å². The number of hydrogen-bond acceptors (Lipinski definition) is 2. The van der Waals surface area contributed by atoms with Gasteiger partial charge in [-0.05, 0) is 36.8 Å². The summed E-state index contributed by atoms with van der Waals surface area (Å²) in [6.07, 6.45) is 0. The molecule has 0 radical (unpaired) electrons. The summed E-state index contributed by atoms with van der Waals surface area (Å²) in [7, 11) is 0. The average molecular weight is 309 g/mol. The molecule has 0 aromatic heterocycles. The Hall–Kier alpha value is -1.71. The van der Waals surface area contributed by atoms with Crippen LogP contribution in [-0.4, -0.2) is 5.84 Å². The minimum Gasteiger partial charge on any atom is -0.489 e. The van der Waals surface area contributed by atoms with Crippen LogP contribution in [0.3, 0.4) is 0 Å². The lowest BCUT2D eigenvalue weighted by atomic mass is 10.1. The molecule has 0 unspecified atom stereocenters. The lowest BCUT2D eigenvalue weighted by Crippen LogP contribution is -2.11. The smallest absolute Gasteiger partial charge is 0.124 e. The average Bonchev–Trinajstić information content (AvgIpc) is 2.37. The lowest BCUT2D eigenvalue weighted by Gasteiger charge is -2.10. The van der Waals surface area contributed by atoms with Gasteiger partial charge in [0.25, 0.3) is 0 Å². The Morgan fingerprint density at radius 3 is 2.50 bits per heavy atom. The van der Waals surface area contributed by atoms with Crippen molar-refractivity contribution in [1.82, 2.24) is 0 Å². The molecule has 0 bridgehead atoms. The van der Waals surface area contributed by atoms with E-state index in [4.69, 9.17) is 39.1 Å². The summed E-state index contributed by atoms with van der Waals surface area (Å²) in [4.78, 5) is 0. The molecule has 104 valence electrons. The van der Waals surface area contributed by atoms with Crippen molar-refractivity contribution >= 4 is 29.0 Å². The molecule has 0 aliphatic heterocycles. The molecule has 0 aliphatic carbocycles. The van der Waals surface area contributed by atoms with Gasteiger partial charge in [-0.3, -0.25) is 5.41 Å². The number of rotatable bonds is 4. The van der Waals surface area contributed by atoms with Crippen LogP contribution < -0.4 is 10.5 Å². The quantitative estimate of drug-likeness (QED) is 0.658. The van der Waals surface area contributed by atoms with Crippen molar-refractivity contribution in [2.75, 3.05) is 0 Å². The molecule has 2 rings (SSSR count). The number of benzene rings is 2. The molecule has 0 fully saturated rings. The zero-order valence-corrected chi connectivity index (χ0v) is 12.4. The molecule has 3 N–H and O–H groups in total. The van der Waals surface area contributed by atoms with Crippen molar-refractivity contribution in [1.29, 1.82) is 5.41 Å². The number of ether oxygens (including phenoxy) is 1. The molecule has 0 aliphatic rings. The fraction of sp³-hybridized carbons (Fsp3) is 0.133. The van der Waals surface area contributed by atoms with Gasteiger partial charge >= 0.3 is 0 Å². The predicted molar refractivity (Wildman–Crippen MR) is 83.0 cm³/mol. The first kappa shape index (κ1) is 14.7. The molecular weight excluding hydrogens is 295 g/mol. The van der Waals surface area contributed by atoms with Crippen molar-refractivity contribution in [3.63, 3.8) is 0 Å². The summed E-state index contributed by atoms with van der Waals surface area (Å²) in [5.41, 5.74) is 7.91. The van der Waals surface area contributed by atoms with Crippen LogP contribution in [0.15, 0.2) is 36.4 Å². The number of amidine groups is 1. The highest BCUT2D eigenvalue weighted by Gasteiger charge is 2.06. The summed E-state index contributed by atoms with van der Waals surface area (Å²) in [6.45, 7) is 2.34. The lowest BCUT2D eigenvalue weighted by molar-refractivity contribution is 0.306. The molecule has 5 heteroatoms. The Morgan fingerprint density at radius 1 is 1.15 bits per heavy atom. The van der Waals surface area contributed by atoms with E-state index in [1.54, 1.807) is 18.2 Å². The molecule has 0 spiro atoms. The largest absolute Gasteiger partial charge is 0.489 e. The van der Waals surface area contributed by atoms with E-state index in [1.807, 2.05) is 25.1 Å². The van der Waals surface area contributed by atoms with Gasteiger partial charge in [0.1, 0.15) is 18.2 Å². The van der Waals surface area contributed by atoms with Crippen molar-refractivity contribution < 1.29 is 4.74 Å². The first-order chi connectivity index (χ1) is 9.47. The number of hydrogen-bond donors (Lipinski definition) is 2. The molecule has 0 amide bonds. The van der Waals surface area contributed by atoms with Crippen LogP contribution in [0.1, 0.15) is 16.7 Å². The minimum absolute atomic E-state index is 0.0665. The molecule has 3 nitrogen and oxygen atoms in total.